The molecule has 0 amide bonds. The van der Waals surface area contributed by atoms with Crippen LogP contribution < -0.4 is 4.90 Å². The molecule has 1 heterocycles. The number of nitrogens with zero attached hydrogens (tertiary/aromatic N) is 1. The lowest BCUT2D eigenvalue weighted by Crippen LogP contribution is -2.10. The average molecular weight is 844 g/mol. The van der Waals surface area contributed by atoms with Crippen LogP contribution in [0.3, 0.4) is 0 Å². The van der Waals surface area contributed by atoms with Crippen molar-refractivity contribution in [3.05, 3.63) is 222 Å². The lowest BCUT2D eigenvalue weighted by molar-refractivity contribution is 0.669. The molecule has 2 heteroatoms. The van der Waals surface area contributed by atoms with Gasteiger partial charge in [0.1, 0.15) is 5.58 Å². The topological polar surface area (TPSA) is 16.4 Å². The molecule has 1 aromatic heterocycles. The highest BCUT2D eigenvalue weighted by molar-refractivity contribution is 6.25. The maximum atomic E-state index is 6.78. The molecule has 0 saturated carbocycles. The van der Waals surface area contributed by atoms with Crippen LogP contribution >= 0.6 is 0 Å². The van der Waals surface area contributed by atoms with Gasteiger partial charge in [-0.2, -0.15) is 0 Å². The van der Waals surface area contributed by atoms with Crippen molar-refractivity contribution in [2.45, 2.75) is 27.7 Å². The van der Waals surface area contributed by atoms with Crippen molar-refractivity contribution in [3.63, 3.8) is 0 Å². The van der Waals surface area contributed by atoms with Gasteiger partial charge in [-0.15, -0.1) is 0 Å². The zero-order valence-electron chi connectivity index (χ0n) is 37.4. The van der Waals surface area contributed by atoms with Gasteiger partial charge in [-0.3, -0.25) is 0 Å². The Hall–Kier alpha value is -8.20. The van der Waals surface area contributed by atoms with Crippen LogP contribution in [-0.2, 0) is 0 Å². The Balaban J connectivity index is 1.03. The number of aryl methyl sites for hydroxylation is 4. The van der Waals surface area contributed by atoms with Crippen LogP contribution in [-0.4, -0.2) is 0 Å². The molecule has 0 fully saturated rings. The van der Waals surface area contributed by atoms with Gasteiger partial charge in [0.25, 0.3) is 0 Å². The quantitative estimate of drug-likeness (QED) is 0.161. The number of hydrogen-bond acceptors (Lipinski definition) is 2. The Bertz CT molecular complexity index is 3920. The molecule has 0 saturated heterocycles. The molecule has 13 aromatic rings. The van der Waals surface area contributed by atoms with Gasteiger partial charge in [0.05, 0.1) is 5.69 Å². The molecule has 0 aliphatic carbocycles. The molecule has 0 aliphatic rings. The van der Waals surface area contributed by atoms with Crippen molar-refractivity contribution in [2.24, 2.45) is 0 Å². The third kappa shape index (κ3) is 5.74. The van der Waals surface area contributed by atoms with Gasteiger partial charge in [0, 0.05) is 22.1 Å². The highest BCUT2D eigenvalue weighted by Gasteiger charge is 2.22. The summed E-state index contributed by atoms with van der Waals surface area (Å²) in [7, 11) is 0. The molecule has 0 spiro atoms. The van der Waals surface area contributed by atoms with Crippen molar-refractivity contribution in [2.75, 3.05) is 4.90 Å². The Morgan fingerprint density at radius 3 is 1.26 bits per heavy atom. The minimum absolute atomic E-state index is 0.867. The first-order valence-corrected chi connectivity index (χ1v) is 23.0. The summed E-state index contributed by atoms with van der Waals surface area (Å²) in [6.07, 6.45) is 0. The molecule has 0 unspecified atom stereocenters. The first-order chi connectivity index (χ1) is 32.4. The van der Waals surface area contributed by atoms with Crippen LogP contribution in [0.25, 0.3) is 109 Å². The minimum atomic E-state index is 0.867. The molecule has 2 nitrogen and oxygen atoms in total. The van der Waals surface area contributed by atoms with E-state index >= 15 is 0 Å². The first kappa shape index (κ1) is 38.3. The smallest absolute Gasteiger partial charge is 0.159 e. The monoisotopic (exact) mass is 843 g/mol. The van der Waals surface area contributed by atoms with Gasteiger partial charge in [0.2, 0.25) is 0 Å². The summed E-state index contributed by atoms with van der Waals surface area (Å²) in [6.45, 7) is 8.90. The Morgan fingerprint density at radius 2 is 0.742 bits per heavy atom. The van der Waals surface area contributed by atoms with E-state index in [1.54, 1.807) is 0 Å². The third-order valence-electron chi connectivity index (χ3n) is 14.3. The van der Waals surface area contributed by atoms with Crippen LogP contribution in [0.4, 0.5) is 17.1 Å². The van der Waals surface area contributed by atoms with Gasteiger partial charge in [-0.1, -0.05) is 152 Å². The fraction of sp³-hybridized carbons (Fsp3) is 0.0625. The van der Waals surface area contributed by atoms with Crippen LogP contribution in [0.1, 0.15) is 22.3 Å². The summed E-state index contributed by atoms with van der Waals surface area (Å²) in [6, 6.07) is 74.0. The molecule has 13 rings (SSSR count). The number of benzene rings is 12. The van der Waals surface area contributed by atoms with Gasteiger partial charge >= 0.3 is 0 Å². The molecule has 0 atom stereocenters. The molecule has 0 aliphatic heterocycles. The zero-order chi connectivity index (χ0) is 44.2. The summed E-state index contributed by atoms with van der Waals surface area (Å²) in [5.41, 5.74) is 15.3. The number of rotatable bonds is 5. The van der Waals surface area contributed by atoms with E-state index in [4.69, 9.17) is 4.42 Å². The highest BCUT2D eigenvalue weighted by atomic mass is 16.3. The summed E-state index contributed by atoms with van der Waals surface area (Å²) in [4.78, 5) is 2.39. The molecule has 0 N–H and O–H groups in total. The fourth-order valence-corrected chi connectivity index (χ4v) is 11.4. The largest absolute Gasteiger partial charge is 0.454 e. The van der Waals surface area contributed by atoms with E-state index in [1.165, 1.54) is 109 Å². The van der Waals surface area contributed by atoms with Crippen LogP contribution in [0, 0.1) is 27.7 Å². The second-order valence-corrected chi connectivity index (χ2v) is 18.2. The van der Waals surface area contributed by atoms with Crippen molar-refractivity contribution in [1.82, 2.24) is 0 Å². The SMILES string of the molecule is Cc1cccc(C)c1-c1cc2ccc3cc(N(c4ccc5c(ccc6cc(-c7c(C)cccc7C)c7ccccc7c65)c4)c4cccc5c4oc4ccccc45)ccc3c2c2ccccc12. The van der Waals surface area contributed by atoms with Gasteiger partial charge < -0.3 is 9.32 Å². The summed E-state index contributed by atoms with van der Waals surface area (Å²) in [5.74, 6) is 0. The standard InChI is InChI=1S/C64H45NO/c1-38-14-11-15-39(2)60(38)56-36-44-28-26-42-34-46(30-32-48(42)62(44)53-21-7-5-18-50(53)56)65(58-24-13-23-55-52-20-9-10-25-59(52)66-64(55)58)47-31-33-49-43(35-47)27-29-45-37-57(61-40(3)16-12-17-41(61)4)51-19-6-8-22-54(51)63(45)49/h5-37H,1-4H3. The Labute approximate surface area is 383 Å². The maximum absolute atomic E-state index is 6.78. The second kappa shape index (κ2) is 14.7. The van der Waals surface area contributed by atoms with Crippen molar-refractivity contribution in [1.29, 1.82) is 0 Å². The minimum Gasteiger partial charge on any atom is -0.454 e. The number of furan rings is 1. The summed E-state index contributed by atoms with van der Waals surface area (Å²) in [5, 5.41) is 17.2. The van der Waals surface area contributed by atoms with E-state index in [1.807, 2.05) is 6.07 Å². The van der Waals surface area contributed by atoms with Gasteiger partial charge in [-0.25, -0.2) is 0 Å². The van der Waals surface area contributed by atoms with Crippen molar-refractivity contribution >= 4 is 104 Å². The van der Waals surface area contributed by atoms with E-state index < -0.39 is 0 Å². The van der Waals surface area contributed by atoms with E-state index in [-0.39, 0.29) is 0 Å². The first-order valence-electron chi connectivity index (χ1n) is 23.0. The van der Waals surface area contributed by atoms with E-state index in [9.17, 15) is 0 Å². The predicted molar refractivity (Wildman–Crippen MR) is 283 cm³/mol. The Kier molecular flexibility index (Phi) is 8.51. The van der Waals surface area contributed by atoms with Gasteiger partial charge in [-0.05, 0) is 185 Å². The third-order valence-corrected chi connectivity index (χ3v) is 14.3. The lowest BCUT2D eigenvalue weighted by atomic mass is 9.87. The predicted octanol–water partition coefficient (Wildman–Crippen LogP) is 18.5. The highest BCUT2D eigenvalue weighted by Crippen LogP contribution is 2.47. The van der Waals surface area contributed by atoms with Crippen LogP contribution in [0.5, 0.6) is 0 Å². The molecule has 12 aromatic carbocycles. The van der Waals surface area contributed by atoms with Gasteiger partial charge in [0.15, 0.2) is 5.58 Å². The molecular formula is C64H45NO. The summed E-state index contributed by atoms with van der Waals surface area (Å²) >= 11 is 0. The number of anilines is 3. The molecular weight excluding hydrogens is 799 g/mol. The summed E-state index contributed by atoms with van der Waals surface area (Å²) < 4.78 is 6.78. The molecule has 0 bridgehead atoms. The van der Waals surface area contributed by atoms with E-state index in [2.05, 4.69) is 227 Å². The van der Waals surface area contributed by atoms with Crippen LogP contribution in [0.15, 0.2) is 205 Å². The number of hydrogen-bond donors (Lipinski definition) is 0. The number of para-hydroxylation sites is 2. The van der Waals surface area contributed by atoms with E-state index in [0.29, 0.717) is 0 Å². The maximum Gasteiger partial charge on any atom is 0.159 e. The van der Waals surface area contributed by atoms with Crippen molar-refractivity contribution < 1.29 is 4.42 Å². The second-order valence-electron chi connectivity index (χ2n) is 18.2. The average Bonchev–Trinajstić information content (AvgIpc) is 3.73. The number of fused-ring (bicyclic) bond motifs is 13. The lowest BCUT2D eigenvalue weighted by Gasteiger charge is -2.26. The van der Waals surface area contributed by atoms with Crippen LogP contribution in [0.2, 0.25) is 0 Å². The van der Waals surface area contributed by atoms with Crippen molar-refractivity contribution in [3.8, 4) is 22.3 Å². The zero-order valence-corrected chi connectivity index (χ0v) is 37.4. The fourth-order valence-electron chi connectivity index (χ4n) is 11.4. The van der Waals surface area contributed by atoms with E-state index in [0.717, 1.165) is 39.0 Å². The molecule has 66 heavy (non-hydrogen) atoms. The molecule has 312 valence electrons. The normalized spacial score (nSPS) is 11.9. The Morgan fingerprint density at radius 1 is 0.318 bits per heavy atom. The molecule has 0 radical (unpaired) electrons.